The van der Waals surface area contributed by atoms with Crippen LogP contribution in [0, 0.1) is 13.8 Å². The van der Waals surface area contributed by atoms with E-state index in [1.807, 2.05) is 19.9 Å². The zero-order valence-corrected chi connectivity index (χ0v) is 8.44. The van der Waals surface area contributed by atoms with Crippen LogP contribution in [0.25, 0.3) is 0 Å². The highest BCUT2D eigenvalue weighted by atomic mass is 35.5. The van der Waals surface area contributed by atoms with Crippen LogP contribution < -0.4 is 5.32 Å². The Morgan fingerprint density at radius 1 is 1.46 bits per heavy atom. The lowest BCUT2D eigenvalue weighted by molar-refractivity contribution is 0.463. The lowest BCUT2D eigenvalue weighted by Crippen LogP contribution is -1.92. The molecule has 0 spiro atoms. The van der Waals surface area contributed by atoms with Gasteiger partial charge in [0.1, 0.15) is 5.75 Å². The van der Waals surface area contributed by atoms with Gasteiger partial charge in [0.15, 0.2) is 0 Å². The summed E-state index contributed by atoms with van der Waals surface area (Å²) in [5.41, 5.74) is 2.77. The summed E-state index contributed by atoms with van der Waals surface area (Å²) in [5.74, 6) is 0.386. The topological polar surface area (TPSA) is 42.2 Å². The highest BCUT2D eigenvalue weighted by Gasteiger charge is 2.27. The molecule has 0 saturated carbocycles. The van der Waals surface area contributed by atoms with Crippen LogP contribution in [0.3, 0.4) is 0 Å². The Balaban J connectivity index is 2.58. The van der Waals surface area contributed by atoms with Gasteiger partial charge in [-0.15, -0.1) is 0 Å². The predicted octanol–water partition coefficient (Wildman–Crippen LogP) is 2.31. The van der Waals surface area contributed by atoms with Crippen molar-refractivity contribution in [1.29, 1.82) is 0 Å². The van der Waals surface area contributed by atoms with Crippen molar-refractivity contribution in [2.75, 3.05) is 6.54 Å². The Labute approximate surface area is 82.5 Å². The van der Waals surface area contributed by atoms with E-state index in [9.17, 15) is 5.11 Å². The molecular formula is C10H12ClNO. The van der Waals surface area contributed by atoms with Gasteiger partial charge in [0.25, 0.3) is 0 Å². The number of hydrogen-bond donors (Lipinski definition) is 2. The van der Waals surface area contributed by atoms with E-state index in [0.717, 1.165) is 28.3 Å². The molecule has 1 heterocycles. The van der Waals surface area contributed by atoms with E-state index in [0.29, 0.717) is 11.8 Å². The number of halogens is 1. The summed E-state index contributed by atoms with van der Waals surface area (Å²) < 4.78 is 0. The third kappa shape index (κ3) is 1.40. The molecule has 0 amide bonds. The van der Waals surface area contributed by atoms with Gasteiger partial charge < -0.3 is 10.4 Å². The second kappa shape index (κ2) is 2.89. The molecule has 3 heteroatoms. The smallest absolute Gasteiger partial charge is 0.123 e. The molecule has 2 N–H and O–H groups in total. The fourth-order valence-corrected chi connectivity index (χ4v) is 1.69. The molecule has 0 radical (unpaired) electrons. The van der Waals surface area contributed by atoms with Crippen molar-refractivity contribution >= 4 is 11.6 Å². The second-order valence-corrected chi connectivity index (χ2v) is 3.91. The number of phenolic OH excluding ortho intramolecular Hbond substituents is 1. The first-order chi connectivity index (χ1) is 6.11. The maximum absolute atomic E-state index is 9.81. The van der Waals surface area contributed by atoms with Crippen LogP contribution in [0.4, 0.5) is 0 Å². The summed E-state index contributed by atoms with van der Waals surface area (Å²) in [6, 6.07) is 2.15. The molecule has 13 heavy (non-hydrogen) atoms. The van der Waals surface area contributed by atoms with Gasteiger partial charge in [-0.05, 0) is 31.0 Å². The first-order valence-corrected chi connectivity index (χ1v) is 4.71. The largest absolute Gasteiger partial charge is 0.507 e. The monoisotopic (exact) mass is 197 g/mol. The molecule has 1 fully saturated rings. The minimum atomic E-state index is 0.303. The van der Waals surface area contributed by atoms with E-state index in [2.05, 4.69) is 5.32 Å². The van der Waals surface area contributed by atoms with Gasteiger partial charge in [0.2, 0.25) is 0 Å². The standard InChI is InChI=1S/C10H12ClNO/c1-5-6(2)10(13)7(3-8(5)11)9-4-12-9/h3,9,12-13H,4H2,1-2H3/t9-/m1/s1. The van der Waals surface area contributed by atoms with Crippen molar-refractivity contribution < 1.29 is 5.11 Å². The third-order valence-corrected chi connectivity index (χ3v) is 3.01. The quantitative estimate of drug-likeness (QED) is 0.679. The first-order valence-electron chi connectivity index (χ1n) is 4.33. The zero-order valence-electron chi connectivity index (χ0n) is 7.69. The highest BCUT2D eigenvalue weighted by molar-refractivity contribution is 6.31. The zero-order chi connectivity index (χ0) is 9.59. The SMILES string of the molecule is Cc1c(Cl)cc([C@H]2CN2)c(O)c1C. The van der Waals surface area contributed by atoms with Crippen molar-refractivity contribution in [2.45, 2.75) is 19.9 Å². The van der Waals surface area contributed by atoms with E-state index in [4.69, 9.17) is 11.6 Å². The number of benzene rings is 1. The van der Waals surface area contributed by atoms with Gasteiger partial charge in [0.05, 0.1) is 0 Å². The van der Waals surface area contributed by atoms with Crippen LogP contribution in [0.5, 0.6) is 5.75 Å². The molecule has 0 aromatic heterocycles. The summed E-state index contributed by atoms with van der Waals surface area (Å²) in [6.45, 7) is 4.75. The first kappa shape index (κ1) is 8.85. The van der Waals surface area contributed by atoms with Crippen LogP contribution in [0.2, 0.25) is 5.02 Å². The third-order valence-electron chi connectivity index (χ3n) is 2.62. The van der Waals surface area contributed by atoms with E-state index in [1.54, 1.807) is 0 Å². The summed E-state index contributed by atoms with van der Waals surface area (Å²) >= 11 is 6.02. The Hall–Kier alpha value is -0.730. The van der Waals surface area contributed by atoms with Gasteiger partial charge in [-0.1, -0.05) is 11.6 Å². The average molecular weight is 198 g/mol. The molecule has 1 aromatic carbocycles. The van der Waals surface area contributed by atoms with Crippen LogP contribution in [0.15, 0.2) is 6.07 Å². The number of nitrogens with one attached hydrogen (secondary N) is 1. The molecule has 0 bridgehead atoms. The van der Waals surface area contributed by atoms with Gasteiger partial charge in [-0.25, -0.2) is 0 Å². The normalized spacial score (nSPS) is 20.4. The van der Waals surface area contributed by atoms with Crippen molar-refractivity contribution in [1.82, 2.24) is 5.32 Å². The minimum absolute atomic E-state index is 0.303. The molecule has 0 aliphatic carbocycles. The van der Waals surface area contributed by atoms with E-state index < -0.39 is 0 Å². The summed E-state index contributed by atoms with van der Waals surface area (Å²) in [4.78, 5) is 0. The molecule has 1 aromatic rings. The molecule has 1 saturated heterocycles. The van der Waals surface area contributed by atoms with E-state index in [1.165, 1.54) is 0 Å². The minimum Gasteiger partial charge on any atom is -0.507 e. The summed E-state index contributed by atoms with van der Waals surface area (Å²) in [5, 5.41) is 13.7. The maximum Gasteiger partial charge on any atom is 0.123 e. The lowest BCUT2D eigenvalue weighted by atomic mass is 10.0. The summed E-state index contributed by atoms with van der Waals surface area (Å²) in [6.07, 6.45) is 0. The average Bonchev–Trinajstić information content (AvgIpc) is 2.91. The molecular weight excluding hydrogens is 186 g/mol. The molecule has 1 atom stereocenters. The molecule has 70 valence electrons. The van der Waals surface area contributed by atoms with Gasteiger partial charge >= 0.3 is 0 Å². The number of phenols is 1. The van der Waals surface area contributed by atoms with Crippen LogP contribution in [0.1, 0.15) is 22.7 Å². The van der Waals surface area contributed by atoms with Crippen LogP contribution in [-0.2, 0) is 0 Å². The fraction of sp³-hybridized carbons (Fsp3) is 0.400. The molecule has 0 unspecified atom stereocenters. The molecule has 2 rings (SSSR count). The Morgan fingerprint density at radius 3 is 2.62 bits per heavy atom. The van der Waals surface area contributed by atoms with Crippen LogP contribution >= 0.6 is 11.6 Å². The maximum atomic E-state index is 9.81. The van der Waals surface area contributed by atoms with E-state index >= 15 is 0 Å². The van der Waals surface area contributed by atoms with Crippen molar-refractivity contribution in [3.05, 3.63) is 27.8 Å². The molecule has 2 nitrogen and oxygen atoms in total. The van der Waals surface area contributed by atoms with Crippen LogP contribution in [-0.4, -0.2) is 11.7 Å². The van der Waals surface area contributed by atoms with E-state index in [-0.39, 0.29) is 0 Å². The van der Waals surface area contributed by atoms with Crippen molar-refractivity contribution in [3.63, 3.8) is 0 Å². The Kier molecular flexibility index (Phi) is 1.97. The number of rotatable bonds is 1. The lowest BCUT2D eigenvalue weighted by Gasteiger charge is -2.10. The predicted molar refractivity (Wildman–Crippen MR) is 53.3 cm³/mol. The van der Waals surface area contributed by atoms with Crippen molar-refractivity contribution in [3.8, 4) is 5.75 Å². The fourth-order valence-electron chi connectivity index (χ4n) is 1.43. The number of aromatic hydroxyl groups is 1. The molecule has 1 aliphatic rings. The Morgan fingerprint density at radius 2 is 2.08 bits per heavy atom. The Bertz CT molecular complexity index is 358. The van der Waals surface area contributed by atoms with Crippen molar-refractivity contribution in [2.24, 2.45) is 0 Å². The number of hydrogen-bond acceptors (Lipinski definition) is 2. The molecule has 1 aliphatic heterocycles. The van der Waals surface area contributed by atoms with Gasteiger partial charge in [-0.3, -0.25) is 0 Å². The van der Waals surface area contributed by atoms with Gasteiger partial charge in [0, 0.05) is 23.2 Å². The van der Waals surface area contributed by atoms with Gasteiger partial charge in [-0.2, -0.15) is 0 Å². The highest BCUT2D eigenvalue weighted by Crippen LogP contribution is 2.37. The second-order valence-electron chi connectivity index (χ2n) is 3.51. The summed E-state index contributed by atoms with van der Waals surface area (Å²) in [7, 11) is 0.